The Kier molecular flexibility index (Phi) is 3.61. The SMILES string of the molecule is Nc1ccc(C(=O)O)nc1N1CCCS(=O)(=O)CC1. The number of anilines is 2. The van der Waals surface area contributed by atoms with Crippen LogP contribution in [-0.4, -0.2) is 49.1 Å². The van der Waals surface area contributed by atoms with Gasteiger partial charge in [0.15, 0.2) is 21.3 Å². The molecule has 0 saturated carbocycles. The van der Waals surface area contributed by atoms with Gasteiger partial charge in [0.05, 0.1) is 17.2 Å². The summed E-state index contributed by atoms with van der Waals surface area (Å²) in [6, 6.07) is 2.81. The molecule has 2 rings (SSSR count). The molecule has 1 aromatic rings. The third-order valence-electron chi connectivity index (χ3n) is 2.98. The average molecular weight is 285 g/mol. The summed E-state index contributed by atoms with van der Waals surface area (Å²) in [6.45, 7) is 0.780. The van der Waals surface area contributed by atoms with Gasteiger partial charge in [0.1, 0.15) is 0 Å². The van der Waals surface area contributed by atoms with Gasteiger partial charge in [0, 0.05) is 13.1 Å². The van der Waals surface area contributed by atoms with E-state index in [2.05, 4.69) is 4.98 Å². The van der Waals surface area contributed by atoms with Crippen molar-refractivity contribution in [1.29, 1.82) is 0 Å². The third kappa shape index (κ3) is 3.14. The molecule has 0 spiro atoms. The van der Waals surface area contributed by atoms with Crippen LogP contribution in [0.1, 0.15) is 16.9 Å². The van der Waals surface area contributed by atoms with E-state index < -0.39 is 15.8 Å². The molecule has 2 heterocycles. The van der Waals surface area contributed by atoms with Crippen molar-refractivity contribution in [1.82, 2.24) is 4.98 Å². The summed E-state index contributed by atoms with van der Waals surface area (Å²) in [5.74, 6) is -0.617. The van der Waals surface area contributed by atoms with E-state index in [4.69, 9.17) is 10.8 Å². The summed E-state index contributed by atoms with van der Waals surface area (Å²) in [5.41, 5.74) is 6.04. The number of nitrogens with two attached hydrogens (primary N) is 1. The number of aromatic carboxylic acids is 1. The number of aromatic nitrogens is 1. The van der Waals surface area contributed by atoms with Crippen LogP contribution in [-0.2, 0) is 9.84 Å². The van der Waals surface area contributed by atoms with E-state index in [0.717, 1.165) is 0 Å². The Morgan fingerprint density at radius 2 is 2.05 bits per heavy atom. The Morgan fingerprint density at radius 1 is 1.32 bits per heavy atom. The molecule has 7 nitrogen and oxygen atoms in total. The second kappa shape index (κ2) is 5.04. The van der Waals surface area contributed by atoms with Crippen LogP contribution in [0.4, 0.5) is 11.5 Å². The first kappa shape index (κ1) is 13.6. The van der Waals surface area contributed by atoms with Gasteiger partial charge in [-0.2, -0.15) is 0 Å². The summed E-state index contributed by atoms with van der Waals surface area (Å²) in [5, 5.41) is 8.92. The summed E-state index contributed by atoms with van der Waals surface area (Å²) in [6.07, 6.45) is 0.487. The van der Waals surface area contributed by atoms with E-state index in [-0.39, 0.29) is 23.7 Å². The first-order chi connectivity index (χ1) is 8.89. The van der Waals surface area contributed by atoms with Crippen molar-refractivity contribution < 1.29 is 18.3 Å². The molecule has 0 radical (unpaired) electrons. The van der Waals surface area contributed by atoms with Gasteiger partial charge in [0.2, 0.25) is 0 Å². The lowest BCUT2D eigenvalue weighted by Crippen LogP contribution is -2.29. The monoisotopic (exact) mass is 285 g/mol. The molecule has 1 aliphatic rings. The molecule has 0 atom stereocenters. The molecule has 1 aromatic heterocycles. The minimum Gasteiger partial charge on any atom is -0.477 e. The number of hydrogen-bond donors (Lipinski definition) is 2. The number of carbonyl (C=O) groups is 1. The fraction of sp³-hybridized carbons (Fsp3) is 0.455. The van der Waals surface area contributed by atoms with E-state index in [9.17, 15) is 13.2 Å². The highest BCUT2D eigenvalue weighted by molar-refractivity contribution is 7.91. The minimum atomic E-state index is -3.03. The predicted molar refractivity (Wildman–Crippen MR) is 71.1 cm³/mol. The number of pyridine rings is 1. The van der Waals surface area contributed by atoms with Crippen molar-refractivity contribution in [2.45, 2.75) is 6.42 Å². The molecule has 104 valence electrons. The number of rotatable bonds is 2. The average Bonchev–Trinajstić information content (AvgIpc) is 2.51. The van der Waals surface area contributed by atoms with Gasteiger partial charge in [-0.15, -0.1) is 0 Å². The maximum absolute atomic E-state index is 11.5. The molecular weight excluding hydrogens is 270 g/mol. The van der Waals surface area contributed by atoms with Gasteiger partial charge in [-0.3, -0.25) is 0 Å². The van der Waals surface area contributed by atoms with Crippen molar-refractivity contribution in [3.63, 3.8) is 0 Å². The number of hydrogen-bond acceptors (Lipinski definition) is 6. The van der Waals surface area contributed by atoms with Crippen molar-refractivity contribution in [3.8, 4) is 0 Å². The molecule has 0 bridgehead atoms. The largest absolute Gasteiger partial charge is 0.477 e. The molecule has 0 amide bonds. The van der Waals surface area contributed by atoms with E-state index in [1.807, 2.05) is 0 Å². The number of sulfone groups is 1. The van der Waals surface area contributed by atoms with Crippen LogP contribution in [0.25, 0.3) is 0 Å². The molecule has 0 aromatic carbocycles. The van der Waals surface area contributed by atoms with Crippen molar-refractivity contribution in [2.24, 2.45) is 0 Å². The predicted octanol–water partition coefficient (Wildman–Crippen LogP) is -0.0131. The number of nitrogens with zero attached hydrogens (tertiary/aromatic N) is 2. The summed E-state index contributed by atoms with van der Waals surface area (Å²) in [7, 11) is -3.03. The van der Waals surface area contributed by atoms with Crippen molar-refractivity contribution >= 4 is 27.3 Å². The van der Waals surface area contributed by atoms with Gasteiger partial charge < -0.3 is 15.7 Å². The van der Waals surface area contributed by atoms with Crippen LogP contribution in [0.2, 0.25) is 0 Å². The fourth-order valence-corrected chi connectivity index (χ4v) is 3.25. The molecule has 8 heteroatoms. The van der Waals surface area contributed by atoms with Gasteiger partial charge in [-0.25, -0.2) is 18.2 Å². The van der Waals surface area contributed by atoms with E-state index in [0.29, 0.717) is 24.5 Å². The van der Waals surface area contributed by atoms with Gasteiger partial charge in [-0.1, -0.05) is 0 Å². The Bertz CT molecular complexity index is 600. The lowest BCUT2D eigenvalue weighted by Gasteiger charge is -2.22. The first-order valence-corrected chi connectivity index (χ1v) is 7.66. The standard InChI is InChI=1S/C11H15N3O4S/c12-8-2-3-9(11(15)16)13-10(8)14-4-1-6-19(17,18)7-5-14/h2-3H,1,4-7,12H2,(H,15,16). The zero-order valence-corrected chi connectivity index (χ0v) is 11.1. The van der Waals surface area contributed by atoms with Crippen LogP contribution in [0.15, 0.2) is 12.1 Å². The third-order valence-corrected chi connectivity index (χ3v) is 4.69. The molecule has 3 N–H and O–H groups in total. The van der Waals surface area contributed by atoms with E-state index in [1.165, 1.54) is 12.1 Å². The zero-order valence-electron chi connectivity index (χ0n) is 10.2. The topological polar surface area (TPSA) is 114 Å². The van der Waals surface area contributed by atoms with Crippen LogP contribution in [0, 0.1) is 0 Å². The Morgan fingerprint density at radius 3 is 2.74 bits per heavy atom. The van der Waals surface area contributed by atoms with Gasteiger partial charge in [0.25, 0.3) is 0 Å². The fourth-order valence-electron chi connectivity index (χ4n) is 1.98. The zero-order chi connectivity index (χ0) is 14.0. The van der Waals surface area contributed by atoms with Gasteiger partial charge >= 0.3 is 5.97 Å². The molecule has 19 heavy (non-hydrogen) atoms. The second-order valence-corrected chi connectivity index (χ2v) is 6.71. The van der Waals surface area contributed by atoms with Gasteiger partial charge in [-0.05, 0) is 18.6 Å². The second-order valence-electron chi connectivity index (χ2n) is 4.41. The highest BCUT2D eigenvalue weighted by Gasteiger charge is 2.22. The molecule has 1 aliphatic heterocycles. The van der Waals surface area contributed by atoms with Crippen LogP contribution in [0.5, 0.6) is 0 Å². The molecule has 0 aliphatic carbocycles. The van der Waals surface area contributed by atoms with Crippen LogP contribution in [0.3, 0.4) is 0 Å². The van der Waals surface area contributed by atoms with Crippen molar-refractivity contribution in [3.05, 3.63) is 17.8 Å². The van der Waals surface area contributed by atoms with E-state index in [1.54, 1.807) is 4.90 Å². The lowest BCUT2D eigenvalue weighted by molar-refractivity contribution is 0.0690. The van der Waals surface area contributed by atoms with Crippen molar-refractivity contribution in [2.75, 3.05) is 35.2 Å². The molecule has 1 fully saturated rings. The quantitative estimate of drug-likeness (QED) is 0.785. The summed E-state index contributed by atoms with van der Waals surface area (Å²) < 4.78 is 23.1. The highest BCUT2D eigenvalue weighted by Crippen LogP contribution is 2.22. The smallest absolute Gasteiger partial charge is 0.354 e. The number of carboxylic acids is 1. The maximum Gasteiger partial charge on any atom is 0.354 e. The first-order valence-electron chi connectivity index (χ1n) is 5.84. The Hall–Kier alpha value is -1.83. The van der Waals surface area contributed by atoms with Crippen LogP contribution < -0.4 is 10.6 Å². The Balaban J connectivity index is 2.30. The Labute approximate surface area is 111 Å². The summed E-state index contributed by atoms with van der Waals surface area (Å²) in [4.78, 5) is 16.6. The molecule has 1 saturated heterocycles. The number of carboxylic acid groups (broad SMARTS) is 1. The summed E-state index contributed by atoms with van der Waals surface area (Å²) >= 11 is 0. The molecule has 0 unspecified atom stereocenters. The molecular formula is C11H15N3O4S. The number of nitrogen functional groups attached to an aromatic ring is 1. The minimum absolute atomic E-state index is 0.0332. The maximum atomic E-state index is 11.5. The van der Waals surface area contributed by atoms with Crippen LogP contribution >= 0.6 is 0 Å². The lowest BCUT2D eigenvalue weighted by atomic mass is 10.3. The highest BCUT2D eigenvalue weighted by atomic mass is 32.2. The van der Waals surface area contributed by atoms with E-state index >= 15 is 0 Å². The normalized spacial score (nSPS) is 18.8.